The lowest BCUT2D eigenvalue weighted by atomic mass is 10.1. The first-order chi connectivity index (χ1) is 9.63. The molecule has 1 fully saturated rings. The van der Waals surface area contributed by atoms with Crippen molar-refractivity contribution in [2.45, 2.75) is 13.0 Å². The third-order valence-electron chi connectivity index (χ3n) is 3.76. The Morgan fingerprint density at radius 2 is 1.75 bits per heavy atom. The lowest BCUT2D eigenvalue weighted by Crippen LogP contribution is -2.53. The summed E-state index contributed by atoms with van der Waals surface area (Å²) in [6.07, 6.45) is 0. The van der Waals surface area contributed by atoms with Crippen LogP contribution in [0, 0.1) is 0 Å². The van der Waals surface area contributed by atoms with Crippen molar-refractivity contribution in [3.8, 4) is 0 Å². The molecule has 0 aromatic heterocycles. The number of piperazine rings is 1. The summed E-state index contributed by atoms with van der Waals surface area (Å²) < 4.78 is 0. The lowest BCUT2D eigenvalue weighted by Gasteiger charge is -2.37. The van der Waals surface area contributed by atoms with Crippen LogP contribution in [-0.2, 0) is 9.59 Å². The van der Waals surface area contributed by atoms with Gasteiger partial charge in [0.05, 0.1) is 0 Å². The Kier molecular flexibility index (Phi) is 4.70. The van der Waals surface area contributed by atoms with Crippen molar-refractivity contribution in [3.05, 3.63) is 35.9 Å². The van der Waals surface area contributed by atoms with Crippen LogP contribution in [0.3, 0.4) is 0 Å². The highest BCUT2D eigenvalue weighted by Crippen LogP contribution is 2.21. The third kappa shape index (κ3) is 3.15. The standard InChI is InChI=1S/C14H20N4O2/c1-11(12-5-3-2-4-6-12)17-7-9-18(10-8-17)14(20)13(19)16-15/h2-6,11H,7-10,15H2,1H3,(H,16,19). The van der Waals surface area contributed by atoms with Gasteiger partial charge in [-0.15, -0.1) is 0 Å². The van der Waals surface area contributed by atoms with Crippen LogP contribution in [0.4, 0.5) is 0 Å². The van der Waals surface area contributed by atoms with Crippen molar-refractivity contribution in [1.82, 2.24) is 15.2 Å². The third-order valence-corrected chi connectivity index (χ3v) is 3.76. The summed E-state index contributed by atoms with van der Waals surface area (Å²) in [4.78, 5) is 26.7. The fraction of sp³-hybridized carbons (Fsp3) is 0.429. The van der Waals surface area contributed by atoms with Crippen LogP contribution in [0.1, 0.15) is 18.5 Å². The summed E-state index contributed by atoms with van der Waals surface area (Å²) in [6.45, 7) is 4.74. The number of hydrogen-bond acceptors (Lipinski definition) is 4. The van der Waals surface area contributed by atoms with Crippen LogP contribution in [0.5, 0.6) is 0 Å². The maximum atomic E-state index is 11.7. The molecule has 2 rings (SSSR count). The van der Waals surface area contributed by atoms with Gasteiger partial charge in [0, 0.05) is 32.2 Å². The zero-order chi connectivity index (χ0) is 14.5. The summed E-state index contributed by atoms with van der Waals surface area (Å²) in [6, 6.07) is 10.6. The van der Waals surface area contributed by atoms with Gasteiger partial charge >= 0.3 is 11.8 Å². The molecule has 1 unspecified atom stereocenters. The summed E-state index contributed by atoms with van der Waals surface area (Å²) >= 11 is 0. The average molecular weight is 276 g/mol. The lowest BCUT2D eigenvalue weighted by molar-refractivity contribution is -0.147. The van der Waals surface area contributed by atoms with Crippen LogP contribution >= 0.6 is 0 Å². The first kappa shape index (κ1) is 14.5. The molecule has 1 aliphatic rings. The number of hydrogen-bond donors (Lipinski definition) is 2. The summed E-state index contributed by atoms with van der Waals surface area (Å²) in [7, 11) is 0. The summed E-state index contributed by atoms with van der Waals surface area (Å²) in [5.74, 6) is 3.66. The monoisotopic (exact) mass is 276 g/mol. The van der Waals surface area contributed by atoms with E-state index in [2.05, 4.69) is 24.0 Å². The quantitative estimate of drug-likeness (QED) is 0.342. The Morgan fingerprint density at radius 3 is 2.30 bits per heavy atom. The summed E-state index contributed by atoms with van der Waals surface area (Å²) in [5.41, 5.74) is 3.13. The molecule has 2 amide bonds. The smallest absolute Gasteiger partial charge is 0.323 e. The van der Waals surface area contributed by atoms with E-state index in [-0.39, 0.29) is 0 Å². The molecule has 0 spiro atoms. The van der Waals surface area contributed by atoms with E-state index in [4.69, 9.17) is 5.84 Å². The molecule has 0 bridgehead atoms. The molecule has 6 nitrogen and oxygen atoms in total. The Hall–Kier alpha value is -1.92. The van der Waals surface area contributed by atoms with Crippen LogP contribution in [-0.4, -0.2) is 47.8 Å². The SMILES string of the molecule is CC(c1ccccc1)N1CCN(C(=O)C(=O)NN)CC1. The second kappa shape index (κ2) is 6.49. The normalized spacial score (nSPS) is 17.6. The predicted octanol–water partition coefficient (Wildman–Crippen LogP) is -0.118. The fourth-order valence-electron chi connectivity index (χ4n) is 2.46. The van der Waals surface area contributed by atoms with Gasteiger partial charge in [0.2, 0.25) is 0 Å². The number of hydrazine groups is 1. The molecule has 1 heterocycles. The van der Waals surface area contributed by atoms with Crippen LogP contribution in [0.2, 0.25) is 0 Å². The number of nitrogens with zero attached hydrogens (tertiary/aromatic N) is 2. The van der Waals surface area contributed by atoms with Gasteiger partial charge in [-0.3, -0.25) is 19.9 Å². The first-order valence-electron chi connectivity index (χ1n) is 6.72. The van der Waals surface area contributed by atoms with Gasteiger partial charge in [-0.2, -0.15) is 0 Å². The minimum absolute atomic E-state index is 0.303. The molecule has 0 aliphatic carbocycles. The Balaban J connectivity index is 1.91. The van der Waals surface area contributed by atoms with Gasteiger partial charge < -0.3 is 4.90 Å². The zero-order valence-electron chi connectivity index (χ0n) is 11.6. The van der Waals surface area contributed by atoms with Crippen LogP contribution in [0.25, 0.3) is 0 Å². The largest absolute Gasteiger partial charge is 0.332 e. The molecule has 108 valence electrons. The fourth-order valence-corrected chi connectivity index (χ4v) is 2.46. The van der Waals surface area contributed by atoms with Gasteiger partial charge in [0.25, 0.3) is 0 Å². The Bertz CT molecular complexity index is 469. The molecule has 3 N–H and O–H groups in total. The van der Waals surface area contributed by atoms with Gasteiger partial charge in [-0.25, -0.2) is 5.84 Å². The van der Waals surface area contributed by atoms with Crippen molar-refractivity contribution >= 4 is 11.8 Å². The highest BCUT2D eigenvalue weighted by molar-refractivity contribution is 6.34. The molecular formula is C14H20N4O2. The van der Waals surface area contributed by atoms with Crippen molar-refractivity contribution in [2.75, 3.05) is 26.2 Å². The van der Waals surface area contributed by atoms with Crippen LogP contribution < -0.4 is 11.3 Å². The van der Waals surface area contributed by atoms with Crippen molar-refractivity contribution < 1.29 is 9.59 Å². The van der Waals surface area contributed by atoms with Crippen molar-refractivity contribution in [1.29, 1.82) is 0 Å². The number of nitrogens with two attached hydrogens (primary N) is 1. The number of benzene rings is 1. The number of carbonyl (C=O) groups is 2. The Morgan fingerprint density at radius 1 is 1.15 bits per heavy atom. The van der Waals surface area contributed by atoms with Crippen molar-refractivity contribution in [2.24, 2.45) is 5.84 Å². The van der Waals surface area contributed by atoms with Gasteiger partial charge in [0.15, 0.2) is 0 Å². The van der Waals surface area contributed by atoms with E-state index in [1.165, 1.54) is 10.5 Å². The molecule has 1 aliphatic heterocycles. The molecule has 0 radical (unpaired) electrons. The number of amides is 2. The average Bonchev–Trinajstić information content (AvgIpc) is 2.53. The first-order valence-corrected chi connectivity index (χ1v) is 6.72. The van der Waals surface area contributed by atoms with Gasteiger partial charge in [0.1, 0.15) is 0 Å². The summed E-state index contributed by atoms with van der Waals surface area (Å²) in [5, 5.41) is 0. The van der Waals surface area contributed by atoms with E-state index >= 15 is 0 Å². The van der Waals surface area contributed by atoms with E-state index in [9.17, 15) is 9.59 Å². The topological polar surface area (TPSA) is 78.7 Å². The predicted molar refractivity (Wildman–Crippen MR) is 75.3 cm³/mol. The molecule has 6 heteroatoms. The number of rotatable bonds is 2. The van der Waals surface area contributed by atoms with Crippen molar-refractivity contribution in [3.63, 3.8) is 0 Å². The molecular weight excluding hydrogens is 256 g/mol. The molecule has 1 aromatic rings. The second-order valence-electron chi connectivity index (χ2n) is 4.89. The highest BCUT2D eigenvalue weighted by atomic mass is 16.2. The van der Waals surface area contributed by atoms with Crippen LogP contribution in [0.15, 0.2) is 30.3 Å². The second-order valence-corrected chi connectivity index (χ2v) is 4.89. The molecule has 1 aromatic carbocycles. The van der Waals surface area contributed by atoms with E-state index < -0.39 is 11.8 Å². The number of carbonyl (C=O) groups excluding carboxylic acids is 2. The van der Waals surface area contributed by atoms with E-state index in [0.717, 1.165) is 13.1 Å². The minimum Gasteiger partial charge on any atom is -0.332 e. The molecule has 1 atom stereocenters. The van der Waals surface area contributed by atoms with Gasteiger partial charge in [-0.05, 0) is 12.5 Å². The maximum Gasteiger partial charge on any atom is 0.323 e. The van der Waals surface area contributed by atoms with E-state index in [1.54, 1.807) is 0 Å². The minimum atomic E-state index is -0.755. The van der Waals surface area contributed by atoms with E-state index in [1.807, 2.05) is 23.6 Å². The molecule has 20 heavy (non-hydrogen) atoms. The van der Waals surface area contributed by atoms with Gasteiger partial charge in [-0.1, -0.05) is 30.3 Å². The molecule has 1 saturated heterocycles. The Labute approximate surface area is 118 Å². The highest BCUT2D eigenvalue weighted by Gasteiger charge is 2.27. The molecule has 0 saturated carbocycles. The maximum absolute atomic E-state index is 11.7. The van der Waals surface area contributed by atoms with E-state index in [0.29, 0.717) is 19.1 Å². The number of nitrogens with one attached hydrogen (secondary N) is 1. The zero-order valence-corrected chi connectivity index (χ0v) is 11.6.